The summed E-state index contributed by atoms with van der Waals surface area (Å²) in [6.45, 7) is 4.24. The molecule has 0 radical (unpaired) electrons. The second-order valence-electron chi connectivity index (χ2n) is 14.0. The molecule has 1 atom stereocenters. The molecule has 1 aliphatic carbocycles. The number of allylic oxidation sites excluding steroid dienone is 1. The fourth-order valence-electron chi connectivity index (χ4n) is 7.86. The lowest BCUT2D eigenvalue weighted by atomic mass is 9.79. The molecule has 1 unspecified atom stereocenters. The van der Waals surface area contributed by atoms with Crippen LogP contribution in [0.1, 0.15) is 40.7 Å². The first-order valence-electron chi connectivity index (χ1n) is 18.2. The van der Waals surface area contributed by atoms with Crippen molar-refractivity contribution in [3.05, 3.63) is 156 Å². The van der Waals surface area contributed by atoms with E-state index in [1.54, 1.807) is 0 Å². The number of nitrogens with one attached hydrogen (secondary N) is 1. The zero-order valence-corrected chi connectivity index (χ0v) is 29.3. The molecule has 0 saturated carbocycles. The summed E-state index contributed by atoms with van der Waals surface area (Å²) in [5, 5.41) is 5.10. The smallest absolute Gasteiger partial charge is 0.256 e. The summed E-state index contributed by atoms with van der Waals surface area (Å²) >= 11 is 0. The van der Waals surface area contributed by atoms with Gasteiger partial charge in [0.1, 0.15) is 0 Å². The number of para-hydroxylation sites is 1. The van der Waals surface area contributed by atoms with Crippen molar-refractivity contribution in [2.45, 2.75) is 32.3 Å². The number of aromatic nitrogens is 1. The van der Waals surface area contributed by atoms with Gasteiger partial charge < -0.3 is 15.1 Å². The van der Waals surface area contributed by atoms with E-state index in [1.807, 2.05) is 113 Å². The summed E-state index contributed by atoms with van der Waals surface area (Å²) < 4.78 is 0. The van der Waals surface area contributed by atoms with Crippen molar-refractivity contribution in [1.29, 1.82) is 0 Å². The summed E-state index contributed by atoms with van der Waals surface area (Å²) in [4.78, 5) is 42.0. The first-order valence-corrected chi connectivity index (χ1v) is 18.2. The van der Waals surface area contributed by atoms with E-state index in [4.69, 9.17) is 4.84 Å². The predicted molar refractivity (Wildman–Crippen MR) is 206 cm³/mol. The number of carbonyl (C=O) groups is 2. The number of pyridine rings is 1. The largest absolute Gasteiger partial charge is 0.368 e. The number of fused-ring (bicyclic) bond motifs is 1. The minimum Gasteiger partial charge on any atom is -0.368 e. The Bertz CT molecular complexity index is 2060. The summed E-state index contributed by atoms with van der Waals surface area (Å²) in [6.07, 6.45) is 9.52. The van der Waals surface area contributed by atoms with Crippen molar-refractivity contribution in [2.75, 3.05) is 48.0 Å². The number of hydrogen-bond donors (Lipinski definition) is 1. The molecule has 3 heterocycles. The molecule has 1 N–H and O–H groups in total. The lowest BCUT2D eigenvalue weighted by Crippen LogP contribution is -2.49. The van der Waals surface area contributed by atoms with E-state index in [0.29, 0.717) is 12.2 Å². The molecule has 3 aliphatic rings. The third-order valence-corrected chi connectivity index (χ3v) is 10.7. The van der Waals surface area contributed by atoms with E-state index in [-0.39, 0.29) is 17.2 Å². The minimum absolute atomic E-state index is 0.0724. The second kappa shape index (κ2) is 14.9. The number of amides is 2. The summed E-state index contributed by atoms with van der Waals surface area (Å²) in [5.41, 5.74) is 8.65. The Morgan fingerprint density at radius 1 is 0.750 bits per heavy atom. The summed E-state index contributed by atoms with van der Waals surface area (Å²) in [5.74, 6) is 0.0462. The quantitative estimate of drug-likeness (QED) is 0.178. The van der Waals surface area contributed by atoms with Crippen LogP contribution in [0.4, 0.5) is 17.1 Å². The van der Waals surface area contributed by atoms with Gasteiger partial charge in [0.05, 0.1) is 12.3 Å². The van der Waals surface area contributed by atoms with Crippen LogP contribution in [0.5, 0.6) is 0 Å². The molecule has 52 heavy (non-hydrogen) atoms. The Balaban J connectivity index is 0.895. The molecule has 8 nitrogen and oxygen atoms in total. The van der Waals surface area contributed by atoms with E-state index >= 15 is 0 Å². The molecule has 2 aliphatic heterocycles. The topological polar surface area (TPSA) is 78.0 Å². The fraction of sp³-hybridized carbons (Fsp3) is 0.250. The fourth-order valence-corrected chi connectivity index (χ4v) is 7.86. The number of hydroxylamine groups is 1. The molecular weight excluding hydrogens is 647 g/mol. The van der Waals surface area contributed by atoms with Gasteiger partial charge in [0, 0.05) is 67.6 Å². The Kier molecular flexibility index (Phi) is 9.55. The van der Waals surface area contributed by atoms with E-state index in [0.717, 1.165) is 97.7 Å². The van der Waals surface area contributed by atoms with Crippen LogP contribution < -0.4 is 15.3 Å². The van der Waals surface area contributed by atoms with Crippen LogP contribution in [0.25, 0.3) is 11.1 Å². The monoisotopic (exact) mass is 689 g/mol. The minimum atomic E-state index is -0.145. The van der Waals surface area contributed by atoms with Crippen LogP contribution >= 0.6 is 0 Å². The van der Waals surface area contributed by atoms with Gasteiger partial charge in [0.15, 0.2) is 0 Å². The van der Waals surface area contributed by atoms with Crippen LogP contribution in [0.2, 0.25) is 0 Å². The van der Waals surface area contributed by atoms with E-state index < -0.39 is 0 Å². The van der Waals surface area contributed by atoms with Crippen LogP contribution in [0.15, 0.2) is 139 Å². The maximum absolute atomic E-state index is 13.7. The van der Waals surface area contributed by atoms with Crippen LogP contribution in [0, 0.1) is 5.41 Å². The van der Waals surface area contributed by atoms with Gasteiger partial charge in [0.2, 0.25) is 5.91 Å². The average Bonchev–Trinajstić information content (AvgIpc) is 3.55. The van der Waals surface area contributed by atoms with E-state index in [2.05, 4.69) is 45.5 Å². The average molecular weight is 690 g/mol. The van der Waals surface area contributed by atoms with Crippen molar-refractivity contribution < 1.29 is 14.4 Å². The maximum atomic E-state index is 13.7. The molecule has 8 rings (SSSR count). The Hall–Kier alpha value is -5.73. The summed E-state index contributed by atoms with van der Waals surface area (Å²) in [7, 11) is 0. The van der Waals surface area contributed by atoms with Gasteiger partial charge in [-0.2, -0.15) is 0 Å². The SMILES string of the molecule is O=C(Nc1ccc(CON2CCC3(C=C(C(=O)N4CCN(c5ccncc5)CC4)CC3)Cc3ccccc32)cc1)c1ccccc1-c1ccccc1. The van der Waals surface area contributed by atoms with Crippen LogP contribution in [-0.4, -0.2) is 54.4 Å². The molecular formula is C44H43N5O3. The van der Waals surface area contributed by atoms with Gasteiger partial charge in [-0.05, 0) is 89.8 Å². The molecule has 8 heteroatoms. The van der Waals surface area contributed by atoms with Crippen molar-refractivity contribution in [3.63, 3.8) is 0 Å². The van der Waals surface area contributed by atoms with E-state index in [9.17, 15) is 9.59 Å². The van der Waals surface area contributed by atoms with Crippen LogP contribution in [-0.2, 0) is 22.7 Å². The Labute approximate surface area is 305 Å². The predicted octanol–water partition coefficient (Wildman–Crippen LogP) is 7.94. The van der Waals surface area contributed by atoms with Gasteiger partial charge in [0.25, 0.3) is 5.91 Å². The van der Waals surface area contributed by atoms with Crippen molar-refractivity contribution >= 4 is 28.9 Å². The number of nitrogens with zero attached hydrogens (tertiary/aromatic N) is 4. The first kappa shape index (κ1) is 33.4. The summed E-state index contributed by atoms with van der Waals surface area (Å²) in [6, 6.07) is 38.0. The highest BCUT2D eigenvalue weighted by Crippen LogP contribution is 2.46. The van der Waals surface area contributed by atoms with E-state index in [1.165, 1.54) is 5.56 Å². The molecule has 262 valence electrons. The Morgan fingerprint density at radius 2 is 1.48 bits per heavy atom. The molecule has 1 aromatic heterocycles. The third-order valence-electron chi connectivity index (χ3n) is 10.7. The molecule has 1 spiro atoms. The lowest BCUT2D eigenvalue weighted by molar-refractivity contribution is -0.127. The number of carbonyl (C=O) groups excluding carboxylic acids is 2. The van der Waals surface area contributed by atoms with Crippen LogP contribution in [0.3, 0.4) is 0 Å². The van der Waals surface area contributed by atoms with Gasteiger partial charge in [-0.3, -0.25) is 24.5 Å². The maximum Gasteiger partial charge on any atom is 0.256 e. The zero-order valence-electron chi connectivity index (χ0n) is 29.3. The molecule has 1 saturated heterocycles. The number of piperazine rings is 1. The molecule has 1 fully saturated rings. The van der Waals surface area contributed by atoms with Gasteiger partial charge >= 0.3 is 0 Å². The molecule has 5 aromatic rings. The van der Waals surface area contributed by atoms with Crippen molar-refractivity contribution in [2.24, 2.45) is 5.41 Å². The highest BCUT2D eigenvalue weighted by atomic mass is 16.7. The lowest BCUT2D eigenvalue weighted by Gasteiger charge is -2.36. The molecule has 2 amide bonds. The first-order chi connectivity index (χ1) is 25.5. The van der Waals surface area contributed by atoms with Gasteiger partial charge in [-0.25, -0.2) is 0 Å². The van der Waals surface area contributed by atoms with Gasteiger partial charge in [-0.1, -0.05) is 84.9 Å². The normalized spacial score (nSPS) is 18.5. The van der Waals surface area contributed by atoms with Crippen molar-refractivity contribution in [3.8, 4) is 11.1 Å². The number of benzene rings is 4. The number of rotatable bonds is 8. The van der Waals surface area contributed by atoms with Gasteiger partial charge in [-0.15, -0.1) is 0 Å². The molecule has 0 bridgehead atoms. The Morgan fingerprint density at radius 3 is 2.29 bits per heavy atom. The highest BCUT2D eigenvalue weighted by molar-refractivity contribution is 6.08. The number of hydrogen-bond acceptors (Lipinski definition) is 6. The standard InChI is InChI=1S/C44H43N5O3/c50-42(40-12-6-5-11-39(40)34-8-2-1-3-9-34)46-37-16-14-33(15-17-37)32-52-49-25-22-44(30-35-10-4-7-13-41(35)49)21-18-36(31-44)43(51)48-28-26-47(27-29-48)38-19-23-45-24-20-38/h1-17,19-20,23-24,31H,18,21-22,25-30,32H2,(H,46,50). The second-order valence-corrected chi connectivity index (χ2v) is 14.0. The third kappa shape index (κ3) is 7.20. The highest BCUT2D eigenvalue weighted by Gasteiger charge is 2.39. The number of anilines is 3. The van der Waals surface area contributed by atoms with Crippen molar-refractivity contribution in [1.82, 2.24) is 9.88 Å². The zero-order chi connectivity index (χ0) is 35.3. The molecule has 4 aromatic carbocycles.